The van der Waals surface area contributed by atoms with E-state index >= 15 is 0 Å². The lowest BCUT2D eigenvalue weighted by molar-refractivity contribution is -0.132. The molecule has 1 saturated carbocycles. The lowest BCUT2D eigenvalue weighted by Gasteiger charge is -2.33. The highest BCUT2D eigenvalue weighted by molar-refractivity contribution is 5.80. The van der Waals surface area contributed by atoms with E-state index in [0.717, 1.165) is 30.6 Å². The van der Waals surface area contributed by atoms with Crippen molar-refractivity contribution in [3.05, 3.63) is 42.0 Å². The van der Waals surface area contributed by atoms with Crippen LogP contribution in [0.5, 0.6) is 5.75 Å². The largest absolute Gasteiger partial charge is 0.497 e. The van der Waals surface area contributed by atoms with Crippen LogP contribution in [0.4, 0.5) is 0 Å². The molecule has 0 aromatic heterocycles. The number of methoxy groups -OCH3 is 1. The molecule has 152 valence electrons. The van der Waals surface area contributed by atoms with Gasteiger partial charge in [0.05, 0.1) is 32.3 Å². The summed E-state index contributed by atoms with van der Waals surface area (Å²) in [6, 6.07) is 7.14. The van der Waals surface area contributed by atoms with Gasteiger partial charge in [0.1, 0.15) is 11.9 Å². The molecule has 0 saturated heterocycles. The molecule has 2 aliphatic rings. The van der Waals surface area contributed by atoms with E-state index in [4.69, 9.17) is 9.47 Å². The second-order valence-electron chi connectivity index (χ2n) is 7.28. The van der Waals surface area contributed by atoms with Crippen molar-refractivity contribution in [3.63, 3.8) is 0 Å². The Morgan fingerprint density at radius 2 is 2.11 bits per heavy atom. The van der Waals surface area contributed by atoms with Crippen LogP contribution in [0.2, 0.25) is 0 Å². The molecular formula is C21H28N2O5. The molecule has 7 heteroatoms. The summed E-state index contributed by atoms with van der Waals surface area (Å²) in [7, 11) is 1.60. The van der Waals surface area contributed by atoms with E-state index in [1.54, 1.807) is 13.2 Å². The van der Waals surface area contributed by atoms with Crippen molar-refractivity contribution in [2.24, 2.45) is 5.92 Å². The predicted octanol–water partition coefficient (Wildman–Crippen LogP) is 1.30. The van der Waals surface area contributed by atoms with Crippen molar-refractivity contribution in [2.75, 3.05) is 13.7 Å². The lowest BCUT2D eigenvalue weighted by Crippen LogP contribution is -2.51. The molecule has 0 unspecified atom stereocenters. The topological polar surface area (TPSA) is 96.9 Å². The summed E-state index contributed by atoms with van der Waals surface area (Å²) in [6.07, 6.45) is 5.70. The summed E-state index contributed by atoms with van der Waals surface area (Å²) < 4.78 is 11.0. The predicted molar refractivity (Wildman–Crippen MR) is 104 cm³/mol. The fourth-order valence-electron chi connectivity index (χ4n) is 3.33. The smallest absolute Gasteiger partial charge is 0.223 e. The Morgan fingerprint density at radius 1 is 1.29 bits per heavy atom. The van der Waals surface area contributed by atoms with Gasteiger partial charge in [0.2, 0.25) is 11.8 Å². The number of aliphatic hydroxyl groups excluding tert-OH is 1. The fourth-order valence-corrected chi connectivity index (χ4v) is 3.33. The number of aliphatic hydroxyl groups is 1. The first kappa shape index (κ1) is 20.4. The van der Waals surface area contributed by atoms with Crippen LogP contribution < -0.4 is 15.4 Å². The first-order chi connectivity index (χ1) is 13.6. The highest BCUT2D eigenvalue weighted by Gasteiger charge is 2.32. The van der Waals surface area contributed by atoms with Crippen LogP contribution in [0.15, 0.2) is 36.4 Å². The summed E-state index contributed by atoms with van der Waals surface area (Å²) in [5.41, 5.74) is 0.944. The number of hydrogen-bond donors (Lipinski definition) is 3. The van der Waals surface area contributed by atoms with Crippen LogP contribution >= 0.6 is 0 Å². The molecule has 2 amide bonds. The molecule has 3 atom stereocenters. The third-order valence-electron chi connectivity index (χ3n) is 5.26. The van der Waals surface area contributed by atoms with Gasteiger partial charge in [-0.05, 0) is 30.5 Å². The van der Waals surface area contributed by atoms with Crippen molar-refractivity contribution >= 4 is 11.8 Å². The maximum Gasteiger partial charge on any atom is 0.223 e. The van der Waals surface area contributed by atoms with Crippen molar-refractivity contribution in [1.82, 2.24) is 10.6 Å². The minimum Gasteiger partial charge on any atom is -0.497 e. The maximum absolute atomic E-state index is 12.2. The van der Waals surface area contributed by atoms with Crippen molar-refractivity contribution in [1.29, 1.82) is 0 Å². The van der Waals surface area contributed by atoms with E-state index in [2.05, 4.69) is 10.6 Å². The van der Waals surface area contributed by atoms with Gasteiger partial charge in [0.25, 0.3) is 0 Å². The van der Waals surface area contributed by atoms with Crippen molar-refractivity contribution < 1.29 is 24.2 Å². The summed E-state index contributed by atoms with van der Waals surface area (Å²) in [5.74, 6) is 0.683. The Labute approximate surface area is 165 Å². The van der Waals surface area contributed by atoms with Gasteiger partial charge in [-0.25, -0.2) is 0 Å². The number of amides is 2. The zero-order valence-corrected chi connectivity index (χ0v) is 16.1. The van der Waals surface area contributed by atoms with Gasteiger partial charge >= 0.3 is 0 Å². The van der Waals surface area contributed by atoms with Gasteiger partial charge in [-0.1, -0.05) is 30.7 Å². The van der Waals surface area contributed by atoms with Crippen LogP contribution in [-0.2, 0) is 20.9 Å². The van der Waals surface area contributed by atoms with E-state index < -0.39 is 12.2 Å². The third-order valence-corrected chi connectivity index (χ3v) is 5.26. The normalized spacial score (nSPS) is 24.3. The third kappa shape index (κ3) is 5.33. The summed E-state index contributed by atoms with van der Waals surface area (Å²) in [4.78, 5) is 24.4. The van der Waals surface area contributed by atoms with Gasteiger partial charge in [0.15, 0.2) is 0 Å². The lowest BCUT2D eigenvalue weighted by atomic mass is 9.84. The Balaban J connectivity index is 1.47. The average Bonchev–Trinajstić information content (AvgIpc) is 2.66. The fraction of sp³-hybridized carbons (Fsp3) is 0.524. The van der Waals surface area contributed by atoms with Crippen molar-refractivity contribution in [3.8, 4) is 5.75 Å². The molecule has 1 aromatic rings. The summed E-state index contributed by atoms with van der Waals surface area (Å²) in [6.45, 7) is 0.178. The summed E-state index contributed by atoms with van der Waals surface area (Å²) in [5, 5.41) is 15.4. The second-order valence-corrected chi connectivity index (χ2v) is 7.28. The molecule has 1 aromatic carbocycles. The number of rotatable bonds is 8. The molecule has 0 spiro atoms. The van der Waals surface area contributed by atoms with E-state index in [9.17, 15) is 14.7 Å². The first-order valence-corrected chi connectivity index (χ1v) is 9.73. The van der Waals surface area contributed by atoms with Crippen LogP contribution in [0.3, 0.4) is 0 Å². The van der Waals surface area contributed by atoms with Crippen LogP contribution in [0.25, 0.3) is 0 Å². The van der Waals surface area contributed by atoms with Gasteiger partial charge in [0, 0.05) is 12.5 Å². The molecule has 1 aliphatic carbocycles. The van der Waals surface area contributed by atoms with Gasteiger partial charge in [-0.15, -0.1) is 0 Å². The van der Waals surface area contributed by atoms with E-state index in [-0.39, 0.29) is 36.8 Å². The summed E-state index contributed by atoms with van der Waals surface area (Å²) >= 11 is 0. The zero-order valence-electron chi connectivity index (χ0n) is 16.1. The molecule has 0 bridgehead atoms. The van der Waals surface area contributed by atoms with Crippen molar-refractivity contribution in [2.45, 2.75) is 50.5 Å². The standard InChI is InChI=1S/C21H28N2O5/c1-27-16-7-2-4-14(10-16)12-22-20(25)11-17-8-9-18(19(13-24)28-17)23-21(26)15-5-3-6-15/h2,4,7-10,15,17-19,24H,3,5-6,11-13H2,1H3,(H,22,25)(H,23,26)/t17-,18+,19-/m1/s1. The molecule has 3 rings (SSSR count). The maximum atomic E-state index is 12.2. The molecule has 1 heterocycles. The van der Waals surface area contributed by atoms with Gasteiger partial charge < -0.3 is 25.2 Å². The van der Waals surface area contributed by atoms with Crippen LogP contribution in [0, 0.1) is 5.92 Å². The number of ether oxygens (including phenoxy) is 2. The molecule has 3 N–H and O–H groups in total. The molecular weight excluding hydrogens is 360 g/mol. The SMILES string of the molecule is COc1cccc(CNC(=O)C[C@H]2C=C[C@H](NC(=O)C3CCC3)[C@@H](CO)O2)c1. The number of nitrogens with one attached hydrogen (secondary N) is 2. The van der Waals surface area contributed by atoms with E-state index in [0.29, 0.717) is 6.54 Å². The Hall–Kier alpha value is -2.38. The van der Waals surface area contributed by atoms with Crippen LogP contribution in [-0.4, -0.2) is 48.9 Å². The van der Waals surface area contributed by atoms with Gasteiger partial charge in [-0.2, -0.15) is 0 Å². The number of carbonyl (C=O) groups is 2. The molecule has 0 radical (unpaired) electrons. The second kappa shape index (κ2) is 9.71. The molecule has 1 aliphatic heterocycles. The monoisotopic (exact) mass is 388 g/mol. The molecule has 1 fully saturated rings. The highest BCUT2D eigenvalue weighted by Crippen LogP contribution is 2.27. The highest BCUT2D eigenvalue weighted by atomic mass is 16.5. The molecule has 7 nitrogen and oxygen atoms in total. The minimum atomic E-state index is -0.551. The number of carbonyl (C=O) groups excluding carboxylic acids is 2. The quantitative estimate of drug-likeness (QED) is 0.584. The molecule has 28 heavy (non-hydrogen) atoms. The van der Waals surface area contributed by atoms with Crippen LogP contribution in [0.1, 0.15) is 31.2 Å². The van der Waals surface area contributed by atoms with E-state index in [1.165, 1.54) is 0 Å². The van der Waals surface area contributed by atoms with E-state index in [1.807, 2.05) is 30.3 Å². The number of benzene rings is 1. The Morgan fingerprint density at radius 3 is 2.79 bits per heavy atom. The Bertz CT molecular complexity index is 717. The number of hydrogen-bond acceptors (Lipinski definition) is 5. The zero-order chi connectivity index (χ0) is 19.9. The average molecular weight is 388 g/mol. The first-order valence-electron chi connectivity index (χ1n) is 9.73. The van der Waals surface area contributed by atoms with Gasteiger partial charge in [-0.3, -0.25) is 9.59 Å². The minimum absolute atomic E-state index is 0.0115. The Kier molecular flexibility index (Phi) is 7.06.